The van der Waals surface area contributed by atoms with E-state index < -0.39 is 41.4 Å². The summed E-state index contributed by atoms with van der Waals surface area (Å²) in [5.41, 5.74) is -1.58. The van der Waals surface area contributed by atoms with Crippen molar-refractivity contribution in [2.45, 2.75) is 49.6 Å². The number of ether oxygens (including phenoxy) is 1. The number of carbonyl (C=O) groups excluding carboxylic acids is 1. The molecule has 0 spiro atoms. The van der Waals surface area contributed by atoms with Gasteiger partial charge in [0.1, 0.15) is 6.10 Å². The highest BCUT2D eigenvalue weighted by molar-refractivity contribution is 6.31. The van der Waals surface area contributed by atoms with Crippen LogP contribution in [0, 0.1) is 0 Å². The quantitative estimate of drug-likeness (QED) is 0.845. The number of alkyl halides is 3. The molecule has 0 aromatic heterocycles. The molecule has 2 N–H and O–H groups in total. The third kappa shape index (κ3) is 3.59. The zero-order chi connectivity index (χ0) is 18.4. The summed E-state index contributed by atoms with van der Waals surface area (Å²) in [7, 11) is 0. The number of hydrogen-bond acceptors (Lipinski definition) is 3. The van der Waals surface area contributed by atoms with Gasteiger partial charge in [-0.2, -0.15) is 13.2 Å². The van der Waals surface area contributed by atoms with Gasteiger partial charge >= 0.3 is 12.1 Å². The van der Waals surface area contributed by atoms with Gasteiger partial charge in [0.25, 0.3) is 0 Å². The van der Waals surface area contributed by atoms with Gasteiger partial charge in [-0.1, -0.05) is 11.6 Å². The highest BCUT2D eigenvalue weighted by Crippen LogP contribution is 2.49. The molecule has 25 heavy (non-hydrogen) atoms. The van der Waals surface area contributed by atoms with Crippen molar-refractivity contribution in [3.8, 4) is 0 Å². The summed E-state index contributed by atoms with van der Waals surface area (Å²) < 4.78 is 44.0. The van der Waals surface area contributed by atoms with Crippen molar-refractivity contribution >= 4 is 23.5 Å². The highest BCUT2D eigenvalue weighted by atomic mass is 35.5. The van der Waals surface area contributed by atoms with E-state index in [1.165, 1.54) is 6.07 Å². The smallest absolute Gasteiger partial charge is 0.416 e. The summed E-state index contributed by atoms with van der Waals surface area (Å²) in [6.07, 6.45) is -5.11. The van der Waals surface area contributed by atoms with Crippen LogP contribution in [-0.2, 0) is 26.0 Å². The number of hydrogen-bond donors (Lipinski definition) is 2. The van der Waals surface area contributed by atoms with Crippen LogP contribution in [0.4, 0.5) is 13.2 Å². The fourth-order valence-corrected chi connectivity index (χ4v) is 3.28. The molecule has 136 valence electrons. The molecule has 1 aromatic carbocycles. The third-order valence-electron chi connectivity index (χ3n) is 4.51. The Morgan fingerprint density at radius 1 is 1.24 bits per heavy atom. The van der Waals surface area contributed by atoms with Crippen LogP contribution in [0.2, 0.25) is 5.02 Å². The van der Waals surface area contributed by atoms with Crippen LogP contribution in [0.15, 0.2) is 18.2 Å². The molecule has 0 unspecified atom stereocenters. The number of carboxylic acid groups (broad SMARTS) is 1. The van der Waals surface area contributed by atoms with Crippen LogP contribution in [0.1, 0.15) is 36.8 Å². The second-order valence-corrected chi connectivity index (χ2v) is 6.70. The van der Waals surface area contributed by atoms with E-state index in [0.717, 1.165) is 12.1 Å². The van der Waals surface area contributed by atoms with E-state index in [0.29, 0.717) is 12.8 Å². The van der Waals surface area contributed by atoms with E-state index in [1.54, 1.807) is 0 Å². The van der Waals surface area contributed by atoms with Crippen molar-refractivity contribution in [3.63, 3.8) is 0 Å². The van der Waals surface area contributed by atoms with E-state index in [2.05, 4.69) is 5.32 Å². The number of halogens is 4. The van der Waals surface area contributed by atoms with Crippen molar-refractivity contribution in [1.29, 1.82) is 0 Å². The van der Waals surface area contributed by atoms with Crippen LogP contribution in [0.5, 0.6) is 0 Å². The maximum atomic E-state index is 12.9. The fraction of sp³-hybridized carbons (Fsp3) is 0.500. The van der Waals surface area contributed by atoms with Gasteiger partial charge in [-0.15, -0.1) is 0 Å². The molecule has 0 radical (unpaired) electrons. The second-order valence-electron chi connectivity index (χ2n) is 6.29. The molecule has 1 saturated heterocycles. The molecule has 1 aromatic rings. The van der Waals surface area contributed by atoms with Crippen LogP contribution < -0.4 is 5.32 Å². The van der Waals surface area contributed by atoms with Crippen LogP contribution >= 0.6 is 11.6 Å². The molecular weight excluding hydrogens is 363 g/mol. The first kappa shape index (κ1) is 18.0. The normalized spacial score (nSPS) is 24.8. The number of rotatable bonds is 4. The summed E-state index contributed by atoms with van der Waals surface area (Å²) in [5, 5.41) is 11.7. The Bertz CT molecular complexity index is 718. The lowest BCUT2D eigenvalue weighted by Gasteiger charge is -2.22. The Morgan fingerprint density at radius 3 is 2.40 bits per heavy atom. The molecule has 2 atom stereocenters. The lowest BCUT2D eigenvalue weighted by molar-refractivity contribution is -0.152. The molecule has 3 rings (SSSR count). The number of amides is 1. The Hall–Kier alpha value is -1.80. The standard InChI is InChI=1S/C16H15ClF3NO4/c17-10-2-1-8(16(18,19)20)7-9(10)15(5-6-15)21-13(22)11-3-4-12(25-11)14(23)24/h1-2,7,11-12H,3-6H2,(H,21,22)(H,23,24)/t11-,12+/m0/s1. The van der Waals surface area contributed by atoms with Crippen LogP contribution in [0.25, 0.3) is 0 Å². The van der Waals surface area contributed by atoms with Gasteiger partial charge in [-0.05, 0) is 49.4 Å². The van der Waals surface area contributed by atoms with Crippen molar-refractivity contribution in [3.05, 3.63) is 34.3 Å². The maximum absolute atomic E-state index is 12.9. The molecule has 9 heteroatoms. The second kappa shape index (κ2) is 6.17. The van der Waals surface area contributed by atoms with Gasteiger partial charge in [-0.25, -0.2) is 4.79 Å². The third-order valence-corrected chi connectivity index (χ3v) is 4.84. The average molecular weight is 378 g/mol. The first-order valence-corrected chi connectivity index (χ1v) is 8.08. The van der Waals surface area contributed by atoms with Crippen molar-refractivity contribution in [1.82, 2.24) is 5.32 Å². The topological polar surface area (TPSA) is 75.6 Å². The Balaban J connectivity index is 1.77. The zero-order valence-corrected chi connectivity index (χ0v) is 13.7. The number of carbonyl (C=O) groups is 2. The fourth-order valence-electron chi connectivity index (χ4n) is 2.98. The molecule has 1 saturated carbocycles. The zero-order valence-electron chi connectivity index (χ0n) is 12.9. The minimum Gasteiger partial charge on any atom is -0.479 e. The van der Waals surface area contributed by atoms with Gasteiger partial charge in [0.15, 0.2) is 6.10 Å². The van der Waals surface area contributed by atoms with E-state index >= 15 is 0 Å². The predicted molar refractivity (Wildman–Crippen MR) is 81.0 cm³/mol. The minimum absolute atomic E-state index is 0.140. The summed E-state index contributed by atoms with van der Waals surface area (Å²) >= 11 is 6.05. The van der Waals surface area contributed by atoms with E-state index in [4.69, 9.17) is 21.4 Å². The molecule has 1 heterocycles. The van der Waals surface area contributed by atoms with E-state index in [1.807, 2.05) is 0 Å². The van der Waals surface area contributed by atoms with Gasteiger partial charge < -0.3 is 15.2 Å². The number of carboxylic acids is 1. The molecule has 1 amide bonds. The van der Waals surface area contributed by atoms with Gasteiger partial charge in [0, 0.05) is 5.02 Å². The molecule has 0 bridgehead atoms. The summed E-state index contributed by atoms with van der Waals surface area (Å²) in [4.78, 5) is 23.2. The number of benzene rings is 1. The van der Waals surface area contributed by atoms with Crippen molar-refractivity contribution < 1.29 is 32.6 Å². The van der Waals surface area contributed by atoms with Crippen molar-refractivity contribution in [2.24, 2.45) is 0 Å². The number of nitrogens with one attached hydrogen (secondary N) is 1. The Morgan fingerprint density at radius 2 is 1.88 bits per heavy atom. The molecule has 2 fully saturated rings. The first-order valence-electron chi connectivity index (χ1n) is 7.70. The monoisotopic (exact) mass is 377 g/mol. The maximum Gasteiger partial charge on any atom is 0.416 e. The summed E-state index contributed by atoms with van der Waals surface area (Å²) in [6.45, 7) is 0. The van der Waals surface area contributed by atoms with Crippen LogP contribution in [0.3, 0.4) is 0 Å². The summed E-state index contributed by atoms with van der Waals surface area (Å²) in [5.74, 6) is -1.67. The Kier molecular flexibility index (Phi) is 4.45. The minimum atomic E-state index is -4.51. The van der Waals surface area contributed by atoms with E-state index in [9.17, 15) is 22.8 Å². The summed E-state index contributed by atoms with van der Waals surface area (Å²) in [6, 6.07) is 3.00. The largest absolute Gasteiger partial charge is 0.479 e. The predicted octanol–water partition coefficient (Wildman–Crippen LogP) is 3.10. The van der Waals surface area contributed by atoms with E-state index in [-0.39, 0.29) is 23.4 Å². The Labute approximate surface area is 146 Å². The van der Waals surface area contributed by atoms with Crippen LogP contribution in [-0.4, -0.2) is 29.2 Å². The lowest BCUT2D eigenvalue weighted by atomic mass is 10.0. The molecule has 1 aliphatic carbocycles. The lowest BCUT2D eigenvalue weighted by Crippen LogP contribution is -2.42. The van der Waals surface area contributed by atoms with Crippen molar-refractivity contribution in [2.75, 3.05) is 0 Å². The van der Waals surface area contributed by atoms with Gasteiger partial charge in [0.05, 0.1) is 11.1 Å². The SMILES string of the molecule is O=C(NC1(c2cc(C(F)(F)F)ccc2Cl)CC1)[C@@H]1CC[C@H](C(=O)O)O1. The molecule has 5 nitrogen and oxygen atoms in total. The first-order chi connectivity index (χ1) is 11.6. The van der Waals surface area contributed by atoms with Gasteiger partial charge in [0.2, 0.25) is 5.91 Å². The highest BCUT2D eigenvalue weighted by Gasteiger charge is 2.49. The molecule has 2 aliphatic rings. The number of aliphatic carboxylic acids is 1. The average Bonchev–Trinajstić information content (AvgIpc) is 3.11. The molecule has 1 aliphatic heterocycles. The van der Waals surface area contributed by atoms with Gasteiger partial charge in [-0.3, -0.25) is 4.79 Å². The molecular formula is C16H15ClF3NO4.